The van der Waals surface area contributed by atoms with E-state index in [-0.39, 0.29) is 24.2 Å². The first-order valence-electron chi connectivity index (χ1n) is 8.98. The Morgan fingerprint density at radius 3 is 2.24 bits per heavy atom. The standard InChI is InChI=1S/C16H33N5O3S/c1-15(18-12-14(22)21-11-5-6-13(21)17)7-9-16(2,10-8-15)19-25(23,24)20(3)4/h13,18-19H,5-12,17H2,1-4H3/t13-,15?,16?/m0/s1. The van der Waals surface area contributed by atoms with Gasteiger partial charge >= 0.3 is 0 Å². The quantitative estimate of drug-likeness (QED) is 0.604. The van der Waals surface area contributed by atoms with E-state index in [0.717, 1.165) is 45.1 Å². The van der Waals surface area contributed by atoms with Gasteiger partial charge in [-0.15, -0.1) is 0 Å². The van der Waals surface area contributed by atoms with E-state index in [1.165, 1.54) is 18.4 Å². The summed E-state index contributed by atoms with van der Waals surface area (Å²) in [7, 11) is -0.403. The molecule has 1 saturated heterocycles. The Balaban J connectivity index is 1.86. The molecular weight excluding hydrogens is 342 g/mol. The topological polar surface area (TPSA) is 108 Å². The largest absolute Gasteiger partial charge is 0.326 e. The van der Waals surface area contributed by atoms with E-state index in [1.807, 2.05) is 6.92 Å². The van der Waals surface area contributed by atoms with Gasteiger partial charge in [-0.2, -0.15) is 17.4 Å². The first kappa shape index (κ1) is 20.6. The number of nitrogens with two attached hydrogens (primary N) is 1. The van der Waals surface area contributed by atoms with Gasteiger partial charge in [0, 0.05) is 31.7 Å². The summed E-state index contributed by atoms with van der Waals surface area (Å²) in [6.07, 6.45) is 4.73. The lowest BCUT2D eigenvalue weighted by Gasteiger charge is -2.44. The Labute approximate surface area is 151 Å². The highest BCUT2D eigenvalue weighted by Crippen LogP contribution is 2.35. The van der Waals surface area contributed by atoms with E-state index >= 15 is 0 Å². The van der Waals surface area contributed by atoms with Gasteiger partial charge in [-0.1, -0.05) is 0 Å². The van der Waals surface area contributed by atoms with E-state index in [4.69, 9.17) is 5.73 Å². The van der Waals surface area contributed by atoms with Crippen molar-refractivity contribution in [3.8, 4) is 0 Å². The third kappa shape index (κ3) is 5.13. The zero-order chi connectivity index (χ0) is 18.9. The van der Waals surface area contributed by atoms with Crippen molar-refractivity contribution < 1.29 is 13.2 Å². The molecule has 0 aromatic carbocycles. The number of rotatable bonds is 6. The zero-order valence-electron chi connectivity index (χ0n) is 15.8. The molecule has 0 bridgehead atoms. The number of carbonyl (C=O) groups excluding carboxylic acids is 1. The number of nitrogens with zero attached hydrogens (tertiary/aromatic N) is 2. The summed E-state index contributed by atoms with van der Waals surface area (Å²) >= 11 is 0. The van der Waals surface area contributed by atoms with Crippen molar-refractivity contribution in [2.24, 2.45) is 5.73 Å². The third-order valence-electron chi connectivity index (χ3n) is 5.60. The van der Waals surface area contributed by atoms with Crippen molar-refractivity contribution in [1.82, 2.24) is 19.2 Å². The number of nitrogens with one attached hydrogen (secondary N) is 2. The molecule has 1 aliphatic carbocycles. The second kappa shape index (κ2) is 7.48. The van der Waals surface area contributed by atoms with E-state index in [9.17, 15) is 13.2 Å². The Kier molecular flexibility index (Phi) is 6.15. The zero-order valence-corrected chi connectivity index (χ0v) is 16.7. The summed E-state index contributed by atoms with van der Waals surface area (Å²) < 4.78 is 28.2. The molecule has 1 amide bonds. The molecule has 4 N–H and O–H groups in total. The first-order valence-corrected chi connectivity index (χ1v) is 10.4. The molecule has 1 saturated carbocycles. The number of amides is 1. The normalized spacial score (nSPS) is 33.8. The molecule has 0 unspecified atom stereocenters. The summed E-state index contributed by atoms with van der Waals surface area (Å²) in [6.45, 7) is 5.07. The predicted molar refractivity (Wildman–Crippen MR) is 97.9 cm³/mol. The maximum Gasteiger partial charge on any atom is 0.279 e. The van der Waals surface area contributed by atoms with E-state index in [0.29, 0.717) is 0 Å². The van der Waals surface area contributed by atoms with E-state index in [2.05, 4.69) is 17.0 Å². The van der Waals surface area contributed by atoms with Crippen LogP contribution in [0, 0.1) is 0 Å². The van der Waals surface area contributed by atoms with Crippen LogP contribution in [0.3, 0.4) is 0 Å². The molecule has 0 aromatic rings. The molecule has 0 radical (unpaired) electrons. The number of carbonyl (C=O) groups is 1. The highest BCUT2D eigenvalue weighted by atomic mass is 32.2. The maximum atomic E-state index is 12.3. The fourth-order valence-corrected chi connectivity index (χ4v) is 4.54. The molecule has 8 nitrogen and oxygen atoms in total. The molecule has 2 rings (SSSR count). The van der Waals surface area contributed by atoms with Crippen molar-refractivity contribution in [3.05, 3.63) is 0 Å². The summed E-state index contributed by atoms with van der Waals surface area (Å²) in [5, 5.41) is 3.38. The smallest absolute Gasteiger partial charge is 0.279 e. The van der Waals surface area contributed by atoms with Gasteiger partial charge in [0.25, 0.3) is 10.2 Å². The molecule has 1 heterocycles. The SMILES string of the molecule is CN(C)S(=O)(=O)NC1(C)CCC(C)(NCC(=O)N2CCC[C@H]2N)CC1. The number of hydrogen-bond donors (Lipinski definition) is 3. The van der Waals surface area contributed by atoms with Crippen LogP contribution in [0.4, 0.5) is 0 Å². The molecule has 9 heteroatoms. The van der Waals surface area contributed by atoms with E-state index < -0.39 is 15.7 Å². The highest BCUT2D eigenvalue weighted by Gasteiger charge is 2.40. The first-order chi connectivity index (χ1) is 11.5. The number of hydrogen-bond acceptors (Lipinski definition) is 5. The lowest BCUT2D eigenvalue weighted by Crippen LogP contribution is -2.58. The molecule has 0 spiro atoms. The van der Waals surface area contributed by atoms with Crippen molar-refractivity contribution in [3.63, 3.8) is 0 Å². The fourth-order valence-electron chi connectivity index (χ4n) is 3.53. The van der Waals surface area contributed by atoms with Crippen LogP contribution < -0.4 is 15.8 Å². The van der Waals surface area contributed by atoms with Crippen LogP contribution in [0.15, 0.2) is 0 Å². The summed E-state index contributed by atoms with van der Waals surface area (Å²) in [5.74, 6) is 0.0490. The van der Waals surface area contributed by atoms with Crippen LogP contribution in [0.1, 0.15) is 52.4 Å². The average molecular weight is 376 g/mol. The van der Waals surface area contributed by atoms with Gasteiger partial charge in [-0.3, -0.25) is 4.79 Å². The predicted octanol–water partition coefficient (Wildman–Crippen LogP) is -0.0294. The lowest BCUT2D eigenvalue weighted by molar-refractivity contribution is -0.131. The van der Waals surface area contributed by atoms with Gasteiger partial charge in [0.1, 0.15) is 0 Å². The third-order valence-corrected chi connectivity index (χ3v) is 7.31. The molecule has 2 aliphatic rings. The van der Waals surface area contributed by atoms with Gasteiger partial charge in [-0.05, 0) is 52.4 Å². The molecule has 25 heavy (non-hydrogen) atoms. The lowest BCUT2D eigenvalue weighted by atomic mass is 9.74. The van der Waals surface area contributed by atoms with Gasteiger partial charge in [0.05, 0.1) is 12.7 Å². The molecule has 2 fully saturated rings. The average Bonchev–Trinajstić information content (AvgIpc) is 2.94. The van der Waals surface area contributed by atoms with E-state index in [1.54, 1.807) is 4.90 Å². The molecular formula is C16H33N5O3S. The highest BCUT2D eigenvalue weighted by molar-refractivity contribution is 7.87. The van der Waals surface area contributed by atoms with Gasteiger partial charge in [0.2, 0.25) is 5.91 Å². The fraction of sp³-hybridized carbons (Fsp3) is 0.938. The van der Waals surface area contributed by atoms with Crippen molar-refractivity contribution >= 4 is 16.1 Å². The van der Waals surface area contributed by atoms with Crippen LogP contribution in [-0.4, -0.2) is 68.0 Å². The van der Waals surface area contributed by atoms with Crippen molar-refractivity contribution in [1.29, 1.82) is 0 Å². The van der Waals surface area contributed by atoms with Crippen LogP contribution in [0.25, 0.3) is 0 Å². The van der Waals surface area contributed by atoms with Gasteiger partial charge in [-0.25, -0.2) is 0 Å². The second-order valence-corrected chi connectivity index (χ2v) is 10.0. The molecule has 1 atom stereocenters. The molecule has 1 aliphatic heterocycles. The Morgan fingerprint density at radius 1 is 1.20 bits per heavy atom. The minimum Gasteiger partial charge on any atom is -0.326 e. The summed E-state index contributed by atoms with van der Waals surface area (Å²) in [6, 6.07) is 0. The molecule has 146 valence electrons. The Hall–Kier alpha value is -0.740. The van der Waals surface area contributed by atoms with Gasteiger partial charge in [0.15, 0.2) is 0 Å². The second-order valence-electron chi connectivity index (χ2n) is 8.16. The van der Waals surface area contributed by atoms with Crippen molar-refractivity contribution in [2.75, 3.05) is 27.2 Å². The summed E-state index contributed by atoms with van der Waals surface area (Å²) in [5.41, 5.74) is 5.33. The minimum absolute atomic E-state index is 0.0490. The number of likely N-dealkylation sites (tertiary alicyclic amines) is 1. The van der Waals surface area contributed by atoms with Crippen LogP contribution >= 0.6 is 0 Å². The molecule has 0 aromatic heterocycles. The van der Waals surface area contributed by atoms with Crippen LogP contribution in [-0.2, 0) is 15.0 Å². The monoisotopic (exact) mass is 375 g/mol. The Bertz CT molecular complexity index is 585. The summed E-state index contributed by atoms with van der Waals surface area (Å²) in [4.78, 5) is 14.1. The Morgan fingerprint density at radius 2 is 1.76 bits per heavy atom. The van der Waals surface area contributed by atoms with Gasteiger partial charge < -0.3 is 16.0 Å². The minimum atomic E-state index is -3.45. The maximum absolute atomic E-state index is 12.3. The van der Waals surface area contributed by atoms with Crippen molar-refractivity contribution in [2.45, 2.75) is 69.6 Å². The van der Waals surface area contributed by atoms with Crippen LogP contribution in [0.5, 0.6) is 0 Å². The van der Waals surface area contributed by atoms with Crippen LogP contribution in [0.2, 0.25) is 0 Å².